The number of hydrogen-bond donors (Lipinski definition) is 1. The van der Waals surface area contributed by atoms with Gasteiger partial charge in [0.25, 0.3) is 0 Å². The lowest BCUT2D eigenvalue weighted by atomic mass is 9.80. The fraction of sp³-hybridized carbons (Fsp3) is 0.824. The van der Waals surface area contributed by atoms with Crippen LogP contribution >= 0.6 is 0 Å². The van der Waals surface area contributed by atoms with E-state index in [0.29, 0.717) is 31.5 Å². The smallest absolute Gasteiger partial charge is 0.236 e. The van der Waals surface area contributed by atoms with Crippen molar-refractivity contribution in [1.82, 2.24) is 9.80 Å². The second-order valence-corrected chi connectivity index (χ2v) is 6.92. The SMILES string of the molecule is CC1=CCCC(C)C1CN(C)CC(=O)N1CCC(O)CC1. The minimum absolute atomic E-state index is 0.203. The average molecular weight is 294 g/mol. The van der Waals surface area contributed by atoms with Crippen LogP contribution in [0.5, 0.6) is 0 Å². The van der Waals surface area contributed by atoms with Crippen LogP contribution in [-0.2, 0) is 4.79 Å². The van der Waals surface area contributed by atoms with Gasteiger partial charge in [-0.05, 0) is 51.5 Å². The van der Waals surface area contributed by atoms with E-state index in [1.165, 1.54) is 18.4 Å². The summed E-state index contributed by atoms with van der Waals surface area (Å²) in [6.07, 6.45) is 6.03. The van der Waals surface area contributed by atoms with Crippen molar-refractivity contribution in [3.8, 4) is 0 Å². The first-order chi connectivity index (χ1) is 9.97. The predicted octanol–water partition coefficient (Wildman–Crippen LogP) is 1.89. The highest BCUT2D eigenvalue weighted by molar-refractivity contribution is 5.78. The van der Waals surface area contributed by atoms with E-state index >= 15 is 0 Å². The molecule has 120 valence electrons. The zero-order valence-electron chi connectivity index (χ0n) is 13.7. The minimum atomic E-state index is -0.220. The van der Waals surface area contributed by atoms with E-state index in [1.807, 2.05) is 11.9 Å². The summed E-state index contributed by atoms with van der Waals surface area (Å²) in [7, 11) is 2.05. The summed E-state index contributed by atoms with van der Waals surface area (Å²) in [4.78, 5) is 16.4. The van der Waals surface area contributed by atoms with Gasteiger partial charge in [-0.3, -0.25) is 9.69 Å². The summed E-state index contributed by atoms with van der Waals surface area (Å²) in [6.45, 7) is 7.41. The first-order valence-electron chi connectivity index (χ1n) is 8.28. The Bertz CT molecular complexity index is 386. The number of piperidine rings is 1. The van der Waals surface area contributed by atoms with Crippen molar-refractivity contribution < 1.29 is 9.90 Å². The normalized spacial score (nSPS) is 27.9. The molecular formula is C17H30N2O2. The highest BCUT2D eigenvalue weighted by Crippen LogP contribution is 2.30. The number of carbonyl (C=O) groups excluding carboxylic acids is 1. The lowest BCUT2D eigenvalue weighted by Crippen LogP contribution is -2.45. The third-order valence-electron chi connectivity index (χ3n) is 5.09. The largest absolute Gasteiger partial charge is 0.393 e. The maximum absolute atomic E-state index is 12.3. The predicted molar refractivity (Wildman–Crippen MR) is 85.0 cm³/mol. The van der Waals surface area contributed by atoms with Gasteiger partial charge in [0.2, 0.25) is 5.91 Å². The second-order valence-electron chi connectivity index (χ2n) is 6.92. The molecule has 4 nitrogen and oxygen atoms in total. The molecule has 4 heteroatoms. The average Bonchev–Trinajstić information content (AvgIpc) is 2.43. The molecule has 1 aliphatic heterocycles. The lowest BCUT2D eigenvalue weighted by molar-refractivity contribution is -0.134. The summed E-state index contributed by atoms with van der Waals surface area (Å²) in [5.41, 5.74) is 1.48. The third kappa shape index (κ3) is 4.55. The molecule has 2 atom stereocenters. The standard InChI is InChI=1S/C17H30N2O2/c1-13-5-4-6-14(2)16(13)11-18(3)12-17(21)19-9-7-15(20)8-10-19/h5,14-16,20H,4,6-12H2,1-3H3. The molecule has 1 saturated heterocycles. The molecule has 1 N–H and O–H groups in total. The van der Waals surface area contributed by atoms with Crippen LogP contribution in [0.4, 0.5) is 0 Å². The maximum Gasteiger partial charge on any atom is 0.236 e. The number of nitrogens with zero attached hydrogens (tertiary/aromatic N) is 2. The van der Waals surface area contributed by atoms with E-state index in [9.17, 15) is 9.90 Å². The number of aliphatic hydroxyl groups excluding tert-OH is 1. The van der Waals surface area contributed by atoms with Crippen molar-refractivity contribution >= 4 is 5.91 Å². The van der Waals surface area contributed by atoms with Crippen LogP contribution in [0.1, 0.15) is 39.5 Å². The molecular weight excluding hydrogens is 264 g/mol. The number of aliphatic hydroxyl groups is 1. The van der Waals surface area contributed by atoms with Crippen molar-refractivity contribution in [3.63, 3.8) is 0 Å². The Labute approximate surface area is 128 Å². The highest BCUT2D eigenvalue weighted by atomic mass is 16.3. The van der Waals surface area contributed by atoms with E-state index < -0.39 is 0 Å². The number of amides is 1. The Morgan fingerprint density at radius 3 is 2.67 bits per heavy atom. The van der Waals surface area contributed by atoms with Gasteiger partial charge in [0, 0.05) is 19.6 Å². The zero-order chi connectivity index (χ0) is 15.4. The van der Waals surface area contributed by atoms with Crippen LogP contribution < -0.4 is 0 Å². The van der Waals surface area contributed by atoms with Crippen molar-refractivity contribution in [1.29, 1.82) is 0 Å². The molecule has 0 spiro atoms. The van der Waals surface area contributed by atoms with Gasteiger partial charge in [0.15, 0.2) is 0 Å². The van der Waals surface area contributed by atoms with Gasteiger partial charge < -0.3 is 10.0 Å². The molecule has 1 heterocycles. The molecule has 21 heavy (non-hydrogen) atoms. The zero-order valence-corrected chi connectivity index (χ0v) is 13.7. The van der Waals surface area contributed by atoms with Gasteiger partial charge in [-0.25, -0.2) is 0 Å². The first-order valence-corrected chi connectivity index (χ1v) is 8.28. The number of likely N-dealkylation sites (tertiary alicyclic amines) is 1. The number of likely N-dealkylation sites (N-methyl/N-ethyl adjacent to an activating group) is 1. The molecule has 0 bridgehead atoms. The summed E-state index contributed by atoms with van der Waals surface area (Å²) in [5, 5.41) is 9.51. The monoisotopic (exact) mass is 294 g/mol. The fourth-order valence-electron chi connectivity index (χ4n) is 3.55. The van der Waals surface area contributed by atoms with Crippen molar-refractivity contribution in [2.45, 2.75) is 45.6 Å². The van der Waals surface area contributed by atoms with Crippen molar-refractivity contribution in [2.75, 3.05) is 33.2 Å². The van der Waals surface area contributed by atoms with Gasteiger partial charge in [0.1, 0.15) is 0 Å². The molecule has 2 unspecified atom stereocenters. The minimum Gasteiger partial charge on any atom is -0.393 e. The Hall–Kier alpha value is -0.870. The molecule has 0 saturated carbocycles. The van der Waals surface area contributed by atoms with E-state index in [-0.39, 0.29) is 12.0 Å². The Morgan fingerprint density at radius 2 is 2.05 bits per heavy atom. The van der Waals surface area contributed by atoms with E-state index in [4.69, 9.17) is 0 Å². The molecule has 0 radical (unpaired) electrons. The van der Waals surface area contributed by atoms with Crippen LogP contribution in [0.25, 0.3) is 0 Å². The Morgan fingerprint density at radius 1 is 1.38 bits per heavy atom. The summed E-state index contributed by atoms with van der Waals surface area (Å²) in [5.74, 6) is 1.49. The van der Waals surface area contributed by atoms with E-state index in [1.54, 1.807) is 0 Å². The van der Waals surface area contributed by atoms with E-state index in [2.05, 4.69) is 24.8 Å². The van der Waals surface area contributed by atoms with Crippen LogP contribution in [0, 0.1) is 11.8 Å². The molecule has 0 aromatic carbocycles. The lowest BCUT2D eigenvalue weighted by Gasteiger charge is -2.34. The van der Waals surface area contributed by atoms with Crippen molar-refractivity contribution in [3.05, 3.63) is 11.6 Å². The Kier molecular flexibility index (Phi) is 5.82. The first kappa shape index (κ1) is 16.5. The molecule has 0 aromatic heterocycles. The van der Waals surface area contributed by atoms with Gasteiger partial charge in [0.05, 0.1) is 12.6 Å². The number of allylic oxidation sites excluding steroid dienone is 1. The number of rotatable bonds is 4. The van der Waals surface area contributed by atoms with E-state index in [0.717, 1.165) is 19.4 Å². The van der Waals surface area contributed by atoms with Gasteiger partial charge in [-0.2, -0.15) is 0 Å². The fourth-order valence-corrected chi connectivity index (χ4v) is 3.55. The molecule has 2 rings (SSSR count). The van der Waals surface area contributed by atoms with Crippen LogP contribution in [0.3, 0.4) is 0 Å². The summed E-state index contributed by atoms with van der Waals surface area (Å²) >= 11 is 0. The molecule has 2 aliphatic rings. The van der Waals surface area contributed by atoms with Gasteiger partial charge in [-0.1, -0.05) is 18.6 Å². The second kappa shape index (κ2) is 7.41. The number of carbonyl (C=O) groups is 1. The van der Waals surface area contributed by atoms with Crippen molar-refractivity contribution in [2.24, 2.45) is 11.8 Å². The third-order valence-corrected chi connectivity index (χ3v) is 5.09. The summed E-state index contributed by atoms with van der Waals surface area (Å²) < 4.78 is 0. The Balaban J connectivity index is 1.81. The topological polar surface area (TPSA) is 43.8 Å². The van der Waals surface area contributed by atoms with Crippen LogP contribution in [0.2, 0.25) is 0 Å². The molecule has 1 aliphatic carbocycles. The molecule has 0 aromatic rings. The molecule has 1 amide bonds. The van der Waals surface area contributed by atoms with Gasteiger partial charge >= 0.3 is 0 Å². The summed E-state index contributed by atoms with van der Waals surface area (Å²) in [6, 6.07) is 0. The quantitative estimate of drug-likeness (QED) is 0.805. The maximum atomic E-state index is 12.3. The number of hydrogen-bond acceptors (Lipinski definition) is 3. The van der Waals surface area contributed by atoms with Crippen LogP contribution in [0.15, 0.2) is 11.6 Å². The highest BCUT2D eigenvalue weighted by Gasteiger charge is 2.26. The molecule has 1 fully saturated rings. The van der Waals surface area contributed by atoms with Crippen LogP contribution in [-0.4, -0.2) is 60.1 Å². The van der Waals surface area contributed by atoms with Gasteiger partial charge in [-0.15, -0.1) is 0 Å².